The first kappa shape index (κ1) is 22.6. The predicted octanol–water partition coefficient (Wildman–Crippen LogP) is 8.07. The van der Waals surface area contributed by atoms with E-state index in [1.165, 1.54) is 51.4 Å². The number of hydrogen-bond donors (Lipinski definition) is 0. The molecule has 1 heteroatoms. The van der Waals surface area contributed by atoms with Crippen LogP contribution in [0.2, 0.25) is 0 Å². The molecule has 1 aromatic rings. The average molecular weight is 396 g/mol. The van der Waals surface area contributed by atoms with E-state index in [0.717, 1.165) is 24.8 Å². The molecule has 1 aliphatic heterocycles. The summed E-state index contributed by atoms with van der Waals surface area (Å²) in [5, 5.41) is 0. The molecule has 0 bridgehead atoms. The quantitative estimate of drug-likeness (QED) is 0.422. The molecule has 3 rings (SSSR count). The number of rotatable bonds is 7. The van der Waals surface area contributed by atoms with Crippen LogP contribution < -0.4 is 0 Å². The van der Waals surface area contributed by atoms with Crippen LogP contribution in [-0.4, -0.2) is 22.5 Å². The Bertz CT molecular complexity index is 627. The Balaban J connectivity index is 1.66. The first-order chi connectivity index (χ1) is 13.8. The third kappa shape index (κ3) is 5.35. The summed E-state index contributed by atoms with van der Waals surface area (Å²) in [6.07, 6.45) is 14.1. The van der Waals surface area contributed by atoms with Gasteiger partial charge in [0.2, 0.25) is 0 Å². The van der Waals surface area contributed by atoms with Gasteiger partial charge in [-0.05, 0) is 102 Å². The van der Waals surface area contributed by atoms with Crippen molar-refractivity contribution in [2.45, 2.75) is 115 Å². The van der Waals surface area contributed by atoms with Crippen LogP contribution in [0.1, 0.15) is 115 Å². The molecule has 1 saturated carbocycles. The molecule has 0 amide bonds. The molecule has 0 radical (unpaired) electrons. The van der Waals surface area contributed by atoms with Crippen LogP contribution in [0.5, 0.6) is 0 Å². The van der Waals surface area contributed by atoms with Gasteiger partial charge in [-0.1, -0.05) is 50.1 Å². The van der Waals surface area contributed by atoms with Crippen molar-refractivity contribution in [3.63, 3.8) is 0 Å². The summed E-state index contributed by atoms with van der Waals surface area (Å²) in [6.45, 7) is 17.1. The zero-order valence-electron chi connectivity index (χ0n) is 19.8. The summed E-state index contributed by atoms with van der Waals surface area (Å²) in [7, 11) is 0. The summed E-state index contributed by atoms with van der Waals surface area (Å²) in [5.74, 6) is 2.45. The van der Waals surface area contributed by atoms with Gasteiger partial charge in [-0.2, -0.15) is 0 Å². The van der Waals surface area contributed by atoms with Gasteiger partial charge in [-0.25, -0.2) is 0 Å². The first-order valence-electron chi connectivity index (χ1n) is 12.3. The van der Waals surface area contributed by atoms with Crippen LogP contribution in [-0.2, 0) is 0 Å². The van der Waals surface area contributed by atoms with E-state index in [4.69, 9.17) is 0 Å². The average Bonchev–Trinajstić information content (AvgIpc) is 2.67. The Morgan fingerprint density at radius 1 is 0.897 bits per heavy atom. The van der Waals surface area contributed by atoms with E-state index in [9.17, 15) is 0 Å². The topological polar surface area (TPSA) is 3.24 Å². The van der Waals surface area contributed by atoms with Crippen molar-refractivity contribution in [2.24, 2.45) is 5.92 Å². The number of hydrogen-bond acceptors (Lipinski definition) is 1. The molecule has 2 aliphatic rings. The minimum Gasteiger partial charge on any atom is -0.293 e. The fourth-order valence-corrected chi connectivity index (χ4v) is 6.61. The molecule has 1 nitrogen and oxygen atoms in total. The number of benzene rings is 1. The number of likely N-dealkylation sites (tertiary alicyclic amines) is 1. The second-order valence-electron chi connectivity index (χ2n) is 11.1. The summed E-state index contributed by atoms with van der Waals surface area (Å²) in [4.78, 5) is 2.72. The minimum atomic E-state index is 0.228. The first-order valence-corrected chi connectivity index (χ1v) is 12.3. The highest BCUT2D eigenvalue weighted by molar-refractivity contribution is 5.29. The van der Waals surface area contributed by atoms with Gasteiger partial charge >= 0.3 is 0 Å². The van der Waals surface area contributed by atoms with E-state index >= 15 is 0 Å². The zero-order valence-corrected chi connectivity index (χ0v) is 19.8. The third-order valence-electron chi connectivity index (χ3n) is 7.93. The van der Waals surface area contributed by atoms with E-state index in [0.29, 0.717) is 5.92 Å². The normalized spacial score (nSPS) is 27.6. The Morgan fingerprint density at radius 2 is 1.41 bits per heavy atom. The fourth-order valence-electron chi connectivity index (χ4n) is 6.61. The van der Waals surface area contributed by atoms with Crippen LogP contribution in [0.4, 0.5) is 0 Å². The molecule has 1 aliphatic carbocycles. The summed E-state index contributed by atoms with van der Waals surface area (Å²) in [5.41, 5.74) is 3.60. The highest BCUT2D eigenvalue weighted by Crippen LogP contribution is 2.46. The van der Waals surface area contributed by atoms with Crippen molar-refractivity contribution in [3.8, 4) is 0 Å². The van der Waals surface area contributed by atoms with Gasteiger partial charge in [-0.15, -0.1) is 6.58 Å². The Kier molecular flexibility index (Phi) is 7.31. The van der Waals surface area contributed by atoms with Gasteiger partial charge in [0, 0.05) is 17.6 Å². The van der Waals surface area contributed by atoms with E-state index in [-0.39, 0.29) is 11.1 Å². The molecule has 0 N–H and O–H groups in total. The Morgan fingerprint density at radius 3 is 1.90 bits per heavy atom. The maximum Gasteiger partial charge on any atom is 0.0164 e. The predicted molar refractivity (Wildman–Crippen MR) is 128 cm³/mol. The van der Waals surface area contributed by atoms with E-state index in [1.54, 1.807) is 11.1 Å². The molecule has 1 heterocycles. The number of nitrogens with zero attached hydrogens (tertiary/aromatic N) is 1. The molecule has 0 aromatic heterocycles. The number of piperidine rings is 1. The van der Waals surface area contributed by atoms with Gasteiger partial charge in [0.05, 0.1) is 0 Å². The smallest absolute Gasteiger partial charge is 0.0164 e. The van der Waals surface area contributed by atoms with Crippen molar-refractivity contribution in [1.29, 1.82) is 0 Å². The lowest BCUT2D eigenvalue weighted by molar-refractivity contribution is -0.0346. The summed E-state index contributed by atoms with van der Waals surface area (Å²) >= 11 is 0. The lowest BCUT2D eigenvalue weighted by atomic mass is 9.71. The second kappa shape index (κ2) is 9.38. The van der Waals surface area contributed by atoms with Crippen LogP contribution in [0, 0.1) is 5.92 Å². The van der Waals surface area contributed by atoms with Crippen LogP contribution in [0.3, 0.4) is 0 Å². The molecule has 2 fully saturated rings. The van der Waals surface area contributed by atoms with Crippen LogP contribution in [0.15, 0.2) is 36.9 Å². The van der Waals surface area contributed by atoms with Gasteiger partial charge in [0.15, 0.2) is 0 Å². The summed E-state index contributed by atoms with van der Waals surface area (Å²) < 4.78 is 0. The van der Waals surface area contributed by atoms with Gasteiger partial charge < -0.3 is 0 Å². The molecule has 1 saturated heterocycles. The van der Waals surface area contributed by atoms with Crippen LogP contribution >= 0.6 is 0 Å². The maximum absolute atomic E-state index is 3.94. The van der Waals surface area contributed by atoms with Crippen molar-refractivity contribution >= 4 is 0 Å². The maximum atomic E-state index is 3.94. The SMILES string of the molecule is C=CCCN1C(C)(C)CC(c2ccc(C3CCC(CCC)CC3)cc2)CC1(C)C. The monoisotopic (exact) mass is 395 g/mol. The van der Waals surface area contributed by atoms with Gasteiger partial charge in [0.1, 0.15) is 0 Å². The van der Waals surface area contributed by atoms with Crippen molar-refractivity contribution in [3.05, 3.63) is 48.0 Å². The Labute approximate surface area is 181 Å². The zero-order chi connectivity index (χ0) is 21.1. The third-order valence-corrected chi connectivity index (χ3v) is 7.93. The van der Waals surface area contributed by atoms with Crippen LogP contribution in [0.25, 0.3) is 0 Å². The van der Waals surface area contributed by atoms with E-state index < -0.39 is 0 Å². The minimum absolute atomic E-state index is 0.228. The van der Waals surface area contributed by atoms with Crippen molar-refractivity contribution < 1.29 is 0 Å². The molecule has 0 spiro atoms. The lowest BCUT2D eigenvalue weighted by Gasteiger charge is -2.55. The molecule has 0 atom stereocenters. The van der Waals surface area contributed by atoms with Gasteiger partial charge in [-0.3, -0.25) is 4.90 Å². The molecular formula is C28H45N. The summed E-state index contributed by atoms with van der Waals surface area (Å²) in [6, 6.07) is 9.85. The Hall–Kier alpha value is -1.08. The lowest BCUT2D eigenvalue weighted by Crippen LogP contribution is -2.60. The van der Waals surface area contributed by atoms with E-state index in [2.05, 4.69) is 76.4 Å². The van der Waals surface area contributed by atoms with Gasteiger partial charge in [0.25, 0.3) is 0 Å². The standard InChI is InChI=1S/C28H45N/c1-7-9-19-29-27(3,4)20-26(21-28(29,5)6)25-17-15-24(16-18-25)23-13-11-22(10-8-2)12-14-23/h7,15-18,22-23,26H,1,8-14,19-21H2,2-6H3. The molecule has 1 aromatic carbocycles. The highest BCUT2D eigenvalue weighted by Gasteiger charge is 2.45. The molecule has 162 valence electrons. The molecule has 29 heavy (non-hydrogen) atoms. The molecule has 0 unspecified atom stereocenters. The second-order valence-corrected chi connectivity index (χ2v) is 11.1. The highest BCUT2D eigenvalue weighted by atomic mass is 15.3. The fraction of sp³-hybridized carbons (Fsp3) is 0.714. The molecular weight excluding hydrogens is 350 g/mol. The van der Waals surface area contributed by atoms with E-state index in [1.807, 2.05) is 0 Å². The van der Waals surface area contributed by atoms with Crippen molar-refractivity contribution in [2.75, 3.05) is 6.54 Å². The largest absolute Gasteiger partial charge is 0.293 e. The van der Waals surface area contributed by atoms with Crippen molar-refractivity contribution in [1.82, 2.24) is 4.90 Å².